The lowest BCUT2D eigenvalue weighted by Crippen LogP contribution is -2.17. The highest BCUT2D eigenvalue weighted by atomic mass is 32.1. The van der Waals surface area contributed by atoms with Crippen molar-refractivity contribution < 1.29 is 0 Å². The van der Waals surface area contributed by atoms with E-state index in [2.05, 4.69) is 40.1 Å². The molecule has 0 spiro atoms. The first-order valence-corrected chi connectivity index (χ1v) is 6.69. The number of thiophene rings is 1. The minimum absolute atomic E-state index is 0.409. The van der Waals surface area contributed by atoms with Crippen LogP contribution >= 0.6 is 22.7 Å². The van der Waals surface area contributed by atoms with Crippen molar-refractivity contribution in [2.45, 2.75) is 26.4 Å². The van der Waals surface area contributed by atoms with E-state index in [0.29, 0.717) is 6.04 Å². The first-order chi connectivity index (χ1) is 7.25. The molecule has 2 heterocycles. The number of rotatable bonds is 4. The maximum Gasteiger partial charge on any atom is 0.0897 e. The van der Waals surface area contributed by atoms with E-state index >= 15 is 0 Å². The summed E-state index contributed by atoms with van der Waals surface area (Å²) in [5, 5.41) is 8.83. The van der Waals surface area contributed by atoms with Crippen molar-refractivity contribution in [2.24, 2.45) is 0 Å². The second-order valence-corrected chi connectivity index (χ2v) is 5.52. The van der Waals surface area contributed by atoms with Crippen LogP contribution in [0.15, 0.2) is 22.9 Å². The van der Waals surface area contributed by atoms with Gasteiger partial charge in [0.15, 0.2) is 0 Å². The zero-order valence-corrected chi connectivity index (χ0v) is 10.5. The molecule has 2 aromatic rings. The number of thiazole rings is 1. The van der Waals surface area contributed by atoms with Gasteiger partial charge < -0.3 is 5.32 Å². The van der Waals surface area contributed by atoms with Crippen molar-refractivity contribution in [3.63, 3.8) is 0 Å². The molecule has 0 fully saturated rings. The van der Waals surface area contributed by atoms with Crippen molar-refractivity contribution in [1.82, 2.24) is 10.3 Å². The van der Waals surface area contributed by atoms with Gasteiger partial charge in [-0.05, 0) is 25.3 Å². The minimum Gasteiger partial charge on any atom is -0.304 e. The Labute approximate surface area is 98.0 Å². The molecule has 0 radical (unpaired) electrons. The normalized spacial score (nSPS) is 12.9. The van der Waals surface area contributed by atoms with E-state index in [1.807, 2.05) is 6.92 Å². The van der Waals surface area contributed by atoms with E-state index in [4.69, 9.17) is 0 Å². The molecule has 1 atom stereocenters. The average Bonchev–Trinajstić information content (AvgIpc) is 2.84. The van der Waals surface area contributed by atoms with Gasteiger partial charge in [-0.3, -0.25) is 0 Å². The Balaban J connectivity index is 1.88. The summed E-state index contributed by atoms with van der Waals surface area (Å²) in [6, 6.07) is 4.66. The summed E-state index contributed by atoms with van der Waals surface area (Å²) in [6.45, 7) is 5.07. The van der Waals surface area contributed by atoms with Crippen LogP contribution in [0.3, 0.4) is 0 Å². The Bertz CT molecular complexity index is 406. The van der Waals surface area contributed by atoms with Gasteiger partial charge in [-0.25, -0.2) is 4.98 Å². The zero-order chi connectivity index (χ0) is 10.7. The van der Waals surface area contributed by atoms with Gasteiger partial charge in [-0.2, -0.15) is 0 Å². The van der Waals surface area contributed by atoms with Crippen LogP contribution in [0, 0.1) is 6.92 Å². The monoisotopic (exact) mass is 238 g/mol. The Morgan fingerprint density at radius 1 is 1.47 bits per heavy atom. The second kappa shape index (κ2) is 4.88. The van der Waals surface area contributed by atoms with Crippen molar-refractivity contribution in [2.75, 3.05) is 0 Å². The van der Waals surface area contributed by atoms with Gasteiger partial charge in [0.1, 0.15) is 0 Å². The third-order valence-electron chi connectivity index (χ3n) is 2.23. The third kappa shape index (κ3) is 2.87. The van der Waals surface area contributed by atoms with Crippen molar-refractivity contribution >= 4 is 22.7 Å². The van der Waals surface area contributed by atoms with Gasteiger partial charge in [-0.15, -0.1) is 22.7 Å². The third-order valence-corrected chi connectivity index (χ3v) is 4.10. The SMILES string of the molecule is Cc1nc(CN[C@H](C)c2cccs2)cs1. The van der Waals surface area contributed by atoms with E-state index in [1.165, 1.54) is 4.88 Å². The summed E-state index contributed by atoms with van der Waals surface area (Å²) < 4.78 is 0. The first kappa shape index (κ1) is 10.8. The van der Waals surface area contributed by atoms with Gasteiger partial charge in [0.25, 0.3) is 0 Å². The van der Waals surface area contributed by atoms with Gasteiger partial charge in [0, 0.05) is 22.8 Å². The molecule has 80 valence electrons. The fourth-order valence-electron chi connectivity index (χ4n) is 1.39. The Hall–Kier alpha value is -0.710. The van der Waals surface area contributed by atoms with Crippen LogP contribution in [0.5, 0.6) is 0 Å². The molecule has 0 aromatic carbocycles. The number of nitrogens with one attached hydrogen (secondary N) is 1. The predicted molar refractivity (Wildman–Crippen MR) is 66.4 cm³/mol. The molecule has 0 aliphatic heterocycles. The highest BCUT2D eigenvalue weighted by molar-refractivity contribution is 7.10. The van der Waals surface area contributed by atoms with Crippen molar-refractivity contribution in [3.8, 4) is 0 Å². The molecule has 0 bridgehead atoms. The van der Waals surface area contributed by atoms with Crippen LogP contribution in [0.25, 0.3) is 0 Å². The smallest absolute Gasteiger partial charge is 0.0897 e. The summed E-state index contributed by atoms with van der Waals surface area (Å²) in [6.07, 6.45) is 0. The quantitative estimate of drug-likeness (QED) is 0.883. The van der Waals surface area contributed by atoms with Crippen LogP contribution in [0.4, 0.5) is 0 Å². The van der Waals surface area contributed by atoms with E-state index in [1.54, 1.807) is 22.7 Å². The number of hydrogen-bond donors (Lipinski definition) is 1. The summed E-state index contributed by atoms with van der Waals surface area (Å²) >= 11 is 3.50. The number of nitrogens with zero attached hydrogens (tertiary/aromatic N) is 1. The number of aryl methyl sites for hydroxylation is 1. The number of aromatic nitrogens is 1. The van der Waals surface area contributed by atoms with Crippen molar-refractivity contribution in [1.29, 1.82) is 0 Å². The molecular formula is C11H14N2S2. The first-order valence-electron chi connectivity index (χ1n) is 4.93. The molecule has 2 rings (SSSR count). The fraction of sp³-hybridized carbons (Fsp3) is 0.364. The fourth-order valence-corrected chi connectivity index (χ4v) is 2.76. The summed E-state index contributed by atoms with van der Waals surface area (Å²) in [7, 11) is 0. The number of hydrogen-bond acceptors (Lipinski definition) is 4. The lowest BCUT2D eigenvalue weighted by atomic mass is 10.2. The maximum absolute atomic E-state index is 4.42. The molecule has 15 heavy (non-hydrogen) atoms. The Kier molecular flexibility index (Phi) is 3.51. The van der Waals surface area contributed by atoms with Gasteiger partial charge in [0.05, 0.1) is 10.7 Å². The van der Waals surface area contributed by atoms with E-state index < -0.39 is 0 Å². The molecular weight excluding hydrogens is 224 g/mol. The predicted octanol–water partition coefficient (Wildman–Crippen LogP) is 3.36. The molecule has 0 amide bonds. The second-order valence-electron chi connectivity index (χ2n) is 3.48. The molecule has 2 nitrogen and oxygen atoms in total. The molecule has 4 heteroatoms. The lowest BCUT2D eigenvalue weighted by molar-refractivity contribution is 0.576. The van der Waals surface area contributed by atoms with Crippen LogP contribution in [0.2, 0.25) is 0 Å². The zero-order valence-electron chi connectivity index (χ0n) is 8.86. The van der Waals surface area contributed by atoms with Crippen LogP contribution in [-0.2, 0) is 6.54 Å². The summed E-state index contributed by atoms with van der Waals surface area (Å²) in [5.41, 5.74) is 1.14. The van der Waals surface area contributed by atoms with E-state index in [-0.39, 0.29) is 0 Å². The average molecular weight is 238 g/mol. The summed E-state index contributed by atoms with van der Waals surface area (Å²) in [4.78, 5) is 5.80. The Morgan fingerprint density at radius 2 is 2.33 bits per heavy atom. The van der Waals surface area contributed by atoms with Crippen LogP contribution < -0.4 is 5.32 Å². The van der Waals surface area contributed by atoms with Gasteiger partial charge in [-0.1, -0.05) is 6.07 Å². The highest BCUT2D eigenvalue weighted by Gasteiger charge is 2.06. The molecule has 0 aliphatic carbocycles. The van der Waals surface area contributed by atoms with Gasteiger partial charge >= 0.3 is 0 Å². The summed E-state index contributed by atoms with van der Waals surface area (Å²) in [5.74, 6) is 0. The van der Waals surface area contributed by atoms with Crippen LogP contribution in [-0.4, -0.2) is 4.98 Å². The van der Waals surface area contributed by atoms with Gasteiger partial charge in [0.2, 0.25) is 0 Å². The molecule has 0 saturated heterocycles. The maximum atomic E-state index is 4.42. The van der Waals surface area contributed by atoms with E-state index in [9.17, 15) is 0 Å². The molecule has 0 aliphatic rings. The van der Waals surface area contributed by atoms with Crippen LogP contribution in [0.1, 0.15) is 28.5 Å². The standard InChI is InChI=1S/C11H14N2S2/c1-8(11-4-3-5-14-11)12-6-10-7-15-9(2)13-10/h3-5,7-8,12H,6H2,1-2H3/t8-/m1/s1. The highest BCUT2D eigenvalue weighted by Crippen LogP contribution is 2.18. The van der Waals surface area contributed by atoms with E-state index in [0.717, 1.165) is 17.2 Å². The molecule has 2 aromatic heterocycles. The Morgan fingerprint density at radius 3 is 2.93 bits per heavy atom. The topological polar surface area (TPSA) is 24.9 Å². The lowest BCUT2D eigenvalue weighted by Gasteiger charge is -2.10. The largest absolute Gasteiger partial charge is 0.304 e. The molecule has 1 N–H and O–H groups in total. The molecule has 0 unspecified atom stereocenters. The minimum atomic E-state index is 0.409. The van der Waals surface area contributed by atoms with Crippen molar-refractivity contribution in [3.05, 3.63) is 38.5 Å². The molecule has 0 saturated carbocycles.